The van der Waals surface area contributed by atoms with Crippen LogP contribution in [-0.2, 0) is 21.2 Å². The van der Waals surface area contributed by atoms with Gasteiger partial charge in [0.1, 0.15) is 5.01 Å². The second kappa shape index (κ2) is 9.02. The van der Waals surface area contributed by atoms with Gasteiger partial charge in [0.15, 0.2) is 0 Å². The summed E-state index contributed by atoms with van der Waals surface area (Å²) in [5.74, 6) is 0. The Morgan fingerprint density at radius 2 is 2.11 bits per heavy atom. The fourth-order valence-corrected chi connectivity index (χ4v) is 5.15. The van der Waals surface area contributed by atoms with E-state index >= 15 is 0 Å². The van der Waals surface area contributed by atoms with Crippen molar-refractivity contribution in [3.05, 3.63) is 41.4 Å². The first-order valence-electron chi connectivity index (χ1n) is 9.28. The molecule has 2 heterocycles. The molecule has 1 aliphatic rings. The first-order valence-corrected chi connectivity index (χ1v) is 12.0. The molecule has 1 amide bonds. The molecule has 0 aliphatic carbocycles. The van der Waals surface area contributed by atoms with Crippen molar-refractivity contribution in [2.45, 2.75) is 38.3 Å². The molecule has 3 rings (SSSR count). The Labute approximate surface area is 169 Å². The number of ether oxygens (including phenoxy) is 1. The van der Waals surface area contributed by atoms with Crippen molar-refractivity contribution in [1.29, 1.82) is 0 Å². The molecule has 1 N–H and O–H groups in total. The highest BCUT2D eigenvalue weighted by Gasteiger charge is 2.37. The third-order valence-electron chi connectivity index (χ3n) is 4.64. The molecular formula is C19H25N3O4S2. The third-order valence-corrected chi connectivity index (χ3v) is 6.31. The molecule has 152 valence electrons. The standard InChI is InChI=1S/C19H25N3O4S2/c1-3-26-19(23)22-11-7-10-16(21-28(2,24)25)17(22)12-15-13-27-18(20-15)14-8-5-4-6-9-14/h4-6,8-9,13,16-17,21H,3,7,10-12H2,1-2H3/t16-,17-/m1/s1. The van der Waals surface area contributed by atoms with Gasteiger partial charge >= 0.3 is 6.09 Å². The van der Waals surface area contributed by atoms with Crippen molar-refractivity contribution < 1.29 is 17.9 Å². The average molecular weight is 424 g/mol. The Balaban J connectivity index is 1.84. The van der Waals surface area contributed by atoms with Gasteiger partial charge in [0, 0.05) is 30.0 Å². The van der Waals surface area contributed by atoms with Gasteiger partial charge in [-0.1, -0.05) is 30.3 Å². The van der Waals surface area contributed by atoms with Crippen molar-refractivity contribution in [3.63, 3.8) is 0 Å². The van der Waals surface area contributed by atoms with E-state index in [2.05, 4.69) is 4.72 Å². The highest BCUT2D eigenvalue weighted by molar-refractivity contribution is 7.88. The van der Waals surface area contributed by atoms with Gasteiger partial charge in [0.2, 0.25) is 10.0 Å². The summed E-state index contributed by atoms with van der Waals surface area (Å²) in [6, 6.07) is 9.18. The van der Waals surface area contributed by atoms with Gasteiger partial charge in [0.25, 0.3) is 0 Å². The number of carbonyl (C=O) groups excluding carboxylic acids is 1. The number of carbonyl (C=O) groups is 1. The van der Waals surface area contributed by atoms with E-state index in [0.717, 1.165) is 28.9 Å². The summed E-state index contributed by atoms with van der Waals surface area (Å²) < 4.78 is 31.5. The summed E-state index contributed by atoms with van der Waals surface area (Å²) in [5, 5.41) is 2.87. The summed E-state index contributed by atoms with van der Waals surface area (Å²) in [6.45, 7) is 2.58. The third kappa shape index (κ3) is 5.30. The van der Waals surface area contributed by atoms with Gasteiger partial charge in [-0.15, -0.1) is 11.3 Å². The van der Waals surface area contributed by atoms with E-state index in [1.165, 1.54) is 0 Å². The van der Waals surface area contributed by atoms with Crippen LogP contribution >= 0.6 is 11.3 Å². The lowest BCUT2D eigenvalue weighted by Gasteiger charge is -2.40. The van der Waals surface area contributed by atoms with Crippen LogP contribution in [-0.4, -0.2) is 55.9 Å². The Kier molecular flexibility index (Phi) is 6.69. The van der Waals surface area contributed by atoms with E-state index in [-0.39, 0.29) is 18.7 Å². The lowest BCUT2D eigenvalue weighted by Crippen LogP contribution is -2.57. The van der Waals surface area contributed by atoms with E-state index in [4.69, 9.17) is 9.72 Å². The first kappa shape index (κ1) is 20.8. The molecule has 0 unspecified atom stereocenters. The van der Waals surface area contributed by atoms with Gasteiger partial charge in [-0.2, -0.15) is 0 Å². The lowest BCUT2D eigenvalue weighted by molar-refractivity contribution is 0.0676. The van der Waals surface area contributed by atoms with Crippen LogP contribution in [0.3, 0.4) is 0 Å². The maximum absolute atomic E-state index is 12.4. The number of aromatic nitrogens is 1. The smallest absolute Gasteiger partial charge is 0.410 e. The minimum absolute atomic E-state index is 0.279. The minimum atomic E-state index is -3.39. The average Bonchev–Trinajstić information content (AvgIpc) is 3.11. The monoisotopic (exact) mass is 423 g/mol. The van der Waals surface area contributed by atoms with Crippen molar-refractivity contribution in [2.24, 2.45) is 0 Å². The van der Waals surface area contributed by atoms with Gasteiger partial charge in [-0.05, 0) is 19.8 Å². The number of nitrogens with one attached hydrogen (secondary N) is 1. The fraction of sp³-hybridized carbons (Fsp3) is 0.474. The minimum Gasteiger partial charge on any atom is -0.450 e. The van der Waals surface area contributed by atoms with Crippen LogP contribution in [0.15, 0.2) is 35.7 Å². The number of sulfonamides is 1. The summed E-state index contributed by atoms with van der Waals surface area (Å²) in [5.41, 5.74) is 1.88. The molecule has 2 atom stereocenters. The molecule has 1 saturated heterocycles. The van der Waals surface area contributed by atoms with Crippen molar-refractivity contribution >= 4 is 27.5 Å². The predicted octanol–water partition coefficient (Wildman–Crippen LogP) is 2.89. The summed E-state index contributed by atoms with van der Waals surface area (Å²) in [6.07, 6.45) is 2.59. The number of benzene rings is 1. The first-order chi connectivity index (χ1) is 13.4. The molecule has 0 saturated carbocycles. The number of rotatable bonds is 6. The van der Waals surface area contributed by atoms with Crippen LogP contribution in [0.2, 0.25) is 0 Å². The van der Waals surface area contributed by atoms with Gasteiger partial charge in [-0.3, -0.25) is 0 Å². The zero-order valence-corrected chi connectivity index (χ0v) is 17.6. The summed E-state index contributed by atoms with van der Waals surface area (Å²) in [4.78, 5) is 18.8. The molecule has 9 heteroatoms. The number of hydrogen-bond donors (Lipinski definition) is 1. The Morgan fingerprint density at radius 1 is 1.36 bits per heavy atom. The number of nitrogens with zero attached hydrogens (tertiary/aromatic N) is 2. The van der Waals surface area contributed by atoms with E-state index in [9.17, 15) is 13.2 Å². The molecule has 1 aliphatic heterocycles. The van der Waals surface area contributed by atoms with Crippen LogP contribution in [0.5, 0.6) is 0 Å². The number of piperidine rings is 1. The molecule has 0 bridgehead atoms. The van der Waals surface area contributed by atoms with Crippen LogP contribution in [0.1, 0.15) is 25.5 Å². The van der Waals surface area contributed by atoms with E-state index in [0.29, 0.717) is 19.4 Å². The zero-order valence-electron chi connectivity index (χ0n) is 16.0. The normalized spacial score (nSPS) is 20.1. The Bertz CT molecular complexity index is 899. The van der Waals surface area contributed by atoms with Crippen molar-refractivity contribution in [3.8, 4) is 10.6 Å². The molecule has 28 heavy (non-hydrogen) atoms. The van der Waals surface area contributed by atoms with Crippen LogP contribution in [0.4, 0.5) is 4.79 Å². The molecule has 1 aromatic heterocycles. The second-order valence-corrected chi connectivity index (χ2v) is 9.45. The van der Waals surface area contributed by atoms with Crippen molar-refractivity contribution in [2.75, 3.05) is 19.4 Å². The van der Waals surface area contributed by atoms with E-state index < -0.39 is 16.1 Å². The molecule has 1 fully saturated rings. The maximum atomic E-state index is 12.4. The molecule has 7 nitrogen and oxygen atoms in total. The molecule has 0 radical (unpaired) electrons. The SMILES string of the molecule is CCOC(=O)N1CCC[C@@H](NS(C)(=O)=O)[C@H]1Cc1csc(-c2ccccc2)n1. The van der Waals surface area contributed by atoms with E-state index in [1.54, 1.807) is 23.2 Å². The highest BCUT2D eigenvalue weighted by Crippen LogP contribution is 2.27. The topological polar surface area (TPSA) is 88.6 Å². The molecular weight excluding hydrogens is 398 g/mol. The number of thiazole rings is 1. The van der Waals surface area contributed by atoms with Gasteiger partial charge in [0.05, 0.1) is 24.6 Å². The molecule has 1 aromatic carbocycles. The number of hydrogen-bond acceptors (Lipinski definition) is 6. The van der Waals surface area contributed by atoms with Gasteiger partial charge < -0.3 is 9.64 Å². The van der Waals surface area contributed by atoms with Crippen LogP contribution in [0, 0.1) is 0 Å². The largest absolute Gasteiger partial charge is 0.450 e. The number of likely N-dealkylation sites (tertiary alicyclic amines) is 1. The van der Waals surface area contributed by atoms with Crippen molar-refractivity contribution in [1.82, 2.24) is 14.6 Å². The van der Waals surface area contributed by atoms with Crippen LogP contribution in [0.25, 0.3) is 10.6 Å². The Morgan fingerprint density at radius 3 is 2.79 bits per heavy atom. The zero-order chi connectivity index (χ0) is 20.1. The summed E-state index contributed by atoms with van der Waals surface area (Å²) >= 11 is 1.54. The lowest BCUT2D eigenvalue weighted by atomic mass is 9.94. The highest BCUT2D eigenvalue weighted by atomic mass is 32.2. The quantitative estimate of drug-likeness (QED) is 0.772. The predicted molar refractivity (Wildman–Crippen MR) is 110 cm³/mol. The van der Waals surface area contributed by atoms with Crippen LogP contribution < -0.4 is 4.72 Å². The number of amides is 1. The fourth-order valence-electron chi connectivity index (χ4n) is 3.48. The molecule has 2 aromatic rings. The Hall–Kier alpha value is -1.97. The van der Waals surface area contributed by atoms with Gasteiger partial charge in [-0.25, -0.2) is 22.9 Å². The summed E-state index contributed by atoms with van der Waals surface area (Å²) in [7, 11) is -3.39. The second-order valence-electron chi connectivity index (χ2n) is 6.81. The maximum Gasteiger partial charge on any atom is 0.410 e. The molecule has 0 spiro atoms. The van der Waals surface area contributed by atoms with E-state index in [1.807, 2.05) is 35.7 Å².